The number of likely N-dealkylation sites (N-methyl/N-ethyl adjacent to an activating group) is 1. The first-order valence-electron chi connectivity index (χ1n) is 8.37. The normalized spacial score (nSPS) is 15.6. The molecule has 1 fully saturated rings. The molecule has 1 saturated carbocycles. The quantitative estimate of drug-likeness (QED) is 0.808. The van der Waals surface area contributed by atoms with E-state index in [9.17, 15) is 14.4 Å². The smallest absolute Gasteiger partial charge is 0.408 e. The van der Waals surface area contributed by atoms with Crippen LogP contribution < -0.4 is 5.76 Å². The third kappa shape index (κ3) is 3.13. The number of rotatable bonds is 4. The molecule has 0 bridgehead atoms. The molecular formula is C18H22N2O4. The SMILES string of the molecule is CC(=O)c1ccc2c(c1)oc(=O)n2CC(=O)N(C)C1CCCCC1. The van der Waals surface area contributed by atoms with Crippen molar-refractivity contribution in [3.63, 3.8) is 0 Å². The molecule has 0 unspecified atom stereocenters. The van der Waals surface area contributed by atoms with Gasteiger partial charge in [-0.05, 0) is 38.0 Å². The van der Waals surface area contributed by atoms with E-state index >= 15 is 0 Å². The summed E-state index contributed by atoms with van der Waals surface area (Å²) in [6, 6.07) is 5.10. The Morgan fingerprint density at radius 3 is 2.62 bits per heavy atom. The Balaban J connectivity index is 1.84. The highest BCUT2D eigenvalue weighted by molar-refractivity contribution is 5.97. The average Bonchev–Trinajstić information content (AvgIpc) is 2.89. The summed E-state index contributed by atoms with van der Waals surface area (Å²) in [5.41, 5.74) is 1.35. The van der Waals surface area contributed by atoms with Crippen LogP contribution in [0, 0.1) is 0 Å². The van der Waals surface area contributed by atoms with Crippen molar-refractivity contribution in [1.29, 1.82) is 0 Å². The van der Waals surface area contributed by atoms with Gasteiger partial charge in [0, 0.05) is 18.7 Å². The second kappa shape index (κ2) is 6.63. The molecule has 0 aliphatic heterocycles. The first-order chi connectivity index (χ1) is 11.5. The van der Waals surface area contributed by atoms with Crippen LogP contribution >= 0.6 is 0 Å². The van der Waals surface area contributed by atoms with Crippen LogP contribution in [0.25, 0.3) is 11.1 Å². The van der Waals surface area contributed by atoms with Gasteiger partial charge in [-0.2, -0.15) is 0 Å². The highest BCUT2D eigenvalue weighted by atomic mass is 16.4. The van der Waals surface area contributed by atoms with E-state index in [0.717, 1.165) is 25.7 Å². The van der Waals surface area contributed by atoms with Gasteiger partial charge < -0.3 is 9.32 Å². The Morgan fingerprint density at radius 2 is 1.96 bits per heavy atom. The molecule has 6 nitrogen and oxygen atoms in total. The number of aromatic nitrogens is 1. The van der Waals surface area contributed by atoms with Crippen LogP contribution in [0.1, 0.15) is 49.4 Å². The van der Waals surface area contributed by atoms with E-state index in [0.29, 0.717) is 16.7 Å². The van der Waals surface area contributed by atoms with E-state index in [1.807, 2.05) is 0 Å². The van der Waals surface area contributed by atoms with Crippen molar-refractivity contribution in [3.8, 4) is 0 Å². The number of carbonyl (C=O) groups is 2. The lowest BCUT2D eigenvalue weighted by Gasteiger charge is -2.31. The molecule has 24 heavy (non-hydrogen) atoms. The second-order valence-corrected chi connectivity index (χ2v) is 6.49. The Bertz CT molecular complexity index is 827. The van der Waals surface area contributed by atoms with E-state index in [2.05, 4.69) is 0 Å². The Morgan fingerprint density at radius 1 is 1.25 bits per heavy atom. The van der Waals surface area contributed by atoms with Gasteiger partial charge in [0.15, 0.2) is 11.4 Å². The Hall–Kier alpha value is -2.37. The van der Waals surface area contributed by atoms with Crippen molar-refractivity contribution in [3.05, 3.63) is 34.3 Å². The third-order valence-electron chi connectivity index (χ3n) is 4.88. The molecule has 1 aromatic carbocycles. The number of nitrogens with zero attached hydrogens (tertiary/aromatic N) is 2. The van der Waals surface area contributed by atoms with Crippen molar-refractivity contribution in [2.75, 3.05) is 7.05 Å². The zero-order valence-corrected chi connectivity index (χ0v) is 14.1. The van der Waals surface area contributed by atoms with Gasteiger partial charge in [-0.15, -0.1) is 0 Å². The standard InChI is InChI=1S/C18H22N2O4/c1-12(21)13-8-9-15-16(10-13)24-18(23)20(15)11-17(22)19(2)14-6-4-3-5-7-14/h8-10,14H,3-7,11H2,1-2H3. The number of hydrogen-bond acceptors (Lipinski definition) is 4. The maximum absolute atomic E-state index is 12.6. The molecule has 1 aliphatic carbocycles. The summed E-state index contributed by atoms with van der Waals surface area (Å²) < 4.78 is 6.53. The molecule has 3 rings (SSSR count). The fourth-order valence-electron chi connectivity index (χ4n) is 3.35. The lowest BCUT2D eigenvalue weighted by Crippen LogP contribution is -2.41. The lowest BCUT2D eigenvalue weighted by atomic mass is 9.94. The topological polar surface area (TPSA) is 72.5 Å². The van der Waals surface area contributed by atoms with Crippen molar-refractivity contribution in [2.45, 2.75) is 51.6 Å². The minimum Gasteiger partial charge on any atom is -0.408 e. The Kier molecular flexibility index (Phi) is 4.55. The number of carbonyl (C=O) groups excluding carboxylic acids is 2. The molecule has 0 spiro atoms. The molecule has 2 aromatic rings. The van der Waals surface area contributed by atoms with Crippen LogP contribution in [0.4, 0.5) is 0 Å². The highest BCUT2D eigenvalue weighted by Crippen LogP contribution is 2.22. The van der Waals surface area contributed by atoms with Crippen LogP contribution in [0.2, 0.25) is 0 Å². The predicted molar refractivity (Wildman–Crippen MR) is 90.1 cm³/mol. The maximum atomic E-state index is 12.6. The highest BCUT2D eigenvalue weighted by Gasteiger charge is 2.23. The summed E-state index contributed by atoms with van der Waals surface area (Å²) in [5.74, 6) is -0.765. The predicted octanol–water partition coefficient (Wildman–Crippen LogP) is 2.59. The van der Waals surface area contributed by atoms with Crippen LogP contribution in [-0.4, -0.2) is 34.2 Å². The van der Waals surface area contributed by atoms with Crippen LogP contribution in [0.3, 0.4) is 0 Å². The van der Waals surface area contributed by atoms with E-state index < -0.39 is 5.76 Å². The number of fused-ring (bicyclic) bond motifs is 1. The molecule has 6 heteroatoms. The van der Waals surface area contributed by atoms with E-state index in [1.165, 1.54) is 17.9 Å². The van der Waals surface area contributed by atoms with Crippen molar-refractivity contribution >= 4 is 22.8 Å². The molecule has 0 radical (unpaired) electrons. The van der Waals surface area contributed by atoms with Gasteiger partial charge in [-0.1, -0.05) is 19.3 Å². The van der Waals surface area contributed by atoms with Gasteiger partial charge in [0.2, 0.25) is 5.91 Å². The zero-order chi connectivity index (χ0) is 17.3. The van der Waals surface area contributed by atoms with Gasteiger partial charge in [0.1, 0.15) is 6.54 Å². The maximum Gasteiger partial charge on any atom is 0.420 e. The molecule has 1 amide bonds. The molecular weight excluding hydrogens is 308 g/mol. The summed E-state index contributed by atoms with van der Waals surface area (Å²) in [6.07, 6.45) is 5.55. The zero-order valence-electron chi connectivity index (χ0n) is 14.1. The number of benzene rings is 1. The second-order valence-electron chi connectivity index (χ2n) is 6.49. The van der Waals surface area contributed by atoms with E-state index in [4.69, 9.17) is 4.42 Å². The molecule has 1 aliphatic rings. The summed E-state index contributed by atoms with van der Waals surface area (Å²) >= 11 is 0. The van der Waals surface area contributed by atoms with Crippen molar-refractivity contribution in [1.82, 2.24) is 9.47 Å². The minimum atomic E-state index is -0.573. The van der Waals surface area contributed by atoms with Crippen LogP contribution in [0.15, 0.2) is 27.4 Å². The van der Waals surface area contributed by atoms with Gasteiger partial charge in [-0.3, -0.25) is 14.2 Å². The van der Waals surface area contributed by atoms with Crippen LogP contribution in [0.5, 0.6) is 0 Å². The van der Waals surface area contributed by atoms with Gasteiger partial charge >= 0.3 is 5.76 Å². The Labute approximate surface area is 140 Å². The van der Waals surface area contributed by atoms with Gasteiger partial charge in [-0.25, -0.2) is 4.79 Å². The molecule has 0 N–H and O–H groups in total. The fraction of sp³-hybridized carbons (Fsp3) is 0.500. The lowest BCUT2D eigenvalue weighted by molar-refractivity contribution is -0.133. The first kappa shape index (κ1) is 16.5. The summed E-state index contributed by atoms with van der Waals surface area (Å²) in [5, 5.41) is 0. The average molecular weight is 330 g/mol. The van der Waals surface area contributed by atoms with Crippen LogP contribution in [-0.2, 0) is 11.3 Å². The first-order valence-corrected chi connectivity index (χ1v) is 8.37. The number of oxazole rings is 1. The number of Topliss-reactive ketones (excluding diaryl/α,β-unsaturated/α-hetero) is 1. The molecule has 0 atom stereocenters. The number of hydrogen-bond donors (Lipinski definition) is 0. The van der Waals surface area contributed by atoms with Gasteiger partial charge in [0.25, 0.3) is 0 Å². The summed E-state index contributed by atoms with van der Waals surface area (Å²) in [7, 11) is 1.81. The van der Waals surface area contributed by atoms with E-state index in [-0.39, 0.29) is 24.3 Å². The number of ketones is 1. The molecule has 0 saturated heterocycles. The minimum absolute atomic E-state index is 0.0434. The molecule has 128 valence electrons. The number of amides is 1. The molecule has 1 aromatic heterocycles. The fourth-order valence-corrected chi connectivity index (χ4v) is 3.35. The van der Waals surface area contributed by atoms with E-state index in [1.54, 1.807) is 30.1 Å². The monoisotopic (exact) mass is 330 g/mol. The third-order valence-corrected chi connectivity index (χ3v) is 4.88. The van der Waals surface area contributed by atoms with Crippen molar-refractivity contribution < 1.29 is 14.0 Å². The molecule has 1 heterocycles. The van der Waals surface area contributed by atoms with Crippen molar-refractivity contribution in [2.24, 2.45) is 0 Å². The summed E-state index contributed by atoms with van der Waals surface area (Å²) in [4.78, 5) is 37.8. The summed E-state index contributed by atoms with van der Waals surface area (Å²) in [6.45, 7) is 1.41. The van der Waals surface area contributed by atoms with Gasteiger partial charge in [0.05, 0.1) is 5.52 Å². The largest absolute Gasteiger partial charge is 0.420 e.